The summed E-state index contributed by atoms with van der Waals surface area (Å²) in [5, 5.41) is 10.2. The molecule has 1 aromatic carbocycles. The molecular weight excluding hydrogens is 284 g/mol. The first-order valence-corrected chi connectivity index (χ1v) is 5.69. The Morgan fingerprint density at radius 3 is 2.47 bits per heavy atom. The van der Waals surface area contributed by atoms with E-state index in [9.17, 15) is 4.79 Å². The number of carboxylic acid groups (broad SMARTS) is 1. The molecule has 1 N–H and O–H groups in total. The van der Waals surface area contributed by atoms with Crippen LogP contribution in [0.5, 0.6) is 0 Å². The number of aromatic carboxylic acids is 1. The molecule has 0 aliphatic heterocycles. The lowest BCUT2D eigenvalue weighted by Crippen LogP contribution is -2.05. The number of halogens is 3. The van der Waals surface area contributed by atoms with Gasteiger partial charge in [0.2, 0.25) is 0 Å². The topological polar surface area (TPSA) is 42.2 Å². The molecule has 0 fully saturated rings. The molecular formula is C11H6Cl3NO2. The fourth-order valence-electron chi connectivity index (χ4n) is 1.46. The van der Waals surface area contributed by atoms with Gasteiger partial charge >= 0.3 is 5.97 Å². The number of aromatic nitrogens is 1. The van der Waals surface area contributed by atoms with E-state index in [-0.39, 0.29) is 5.69 Å². The van der Waals surface area contributed by atoms with Crippen molar-refractivity contribution in [3.8, 4) is 5.69 Å². The van der Waals surface area contributed by atoms with E-state index in [1.807, 2.05) is 0 Å². The van der Waals surface area contributed by atoms with Gasteiger partial charge in [0, 0.05) is 11.2 Å². The molecule has 17 heavy (non-hydrogen) atoms. The van der Waals surface area contributed by atoms with Crippen molar-refractivity contribution >= 4 is 40.8 Å². The van der Waals surface area contributed by atoms with Gasteiger partial charge < -0.3 is 9.67 Å². The molecule has 0 unspecified atom stereocenters. The molecule has 6 heteroatoms. The summed E-state index contributed by atoms with van der Waals surface area (Å²) in [5.74, 6) is -1.09. The molecule has 3 nitrogen and oxygen atoms in total. The maximum absolute atomic E-state index is 11.0. The van der Waals surface area contributed by atoms with Crippen molar-refractivity contribution in [1.29, 1.82) is 0 Å². The van der Waals surface area contributed by atoms with Crippen molar-refractivity contribution in [2.75, 3.05) is 0 Å². The average molecular weight is 291 g/mol. The van der Waals surface area contributed by atoms with E-state index in [0.29, 0.717) is 20.8 Å². The molecule has 0 saturated heterocycles. The SMILES string of the molecule is O=C(O)c1cc(Cl)cn1-c1cc(Cl)ccc1Cl. The Bertz CT molecular complexity index is 592. The largest absolute Gasteiger partial charge is 0.477 e. The van der Waals surface area contributed by atoms with Gasteiger partial charge in [-0.3, -0.25) is 0 Å². The molecule has 0 spiro atoms. The molecule has 2 aromatic rings. The highest BCUT2D eigenvalue weighted by Gasteiger charge is 2.15. The van der Waals surface area contributed by atoms with Crippen LogP contribution in [0, 0.1) is 0 Å². The standard InChI is InChI=1S/C11H6Cl3NO2/c12-6-1-2-8(14)9(3-6)15-5-7(13)4-10(15)11(16)17/h1-5H,(H,16,17). The van der Waals surface area contributed by atoms with Crippen LogP contribution in [0.1, 0.15) is 10.5 Å². The van der Waals surface area contributed by atoms with E-state index in [1.54, 1.807) is 18.2 Å². The van der Waals surface area contributed by atoms with E-state index in [2.05, 4.69) is 0 Å². The minimum atomic E-state index is -1.09. The molecule has 0 aliphatic rings. The number of benzene rings is 1. The van der Waals surface area contributed by atoms with Crippen molar-refractivity contribution in [3.05, 3.63) is 51.2 Å². The monoisotopic (exact) mass is 289 g/mol. The van der Waals surface area contributed by atoms with Crippen LogP contribution in [0.4, 0.5) is 0 Å². The number of carbonyl (C=O) groups is 1. The van der Waals surface area contributed by atoms with Crippen LogP contribution in [-0.4, -0.2) is 15.6 Å². The van der Waals surface area contributed by atoms with Crippen LogP contribution < -0.4 is 0 Å². The van der Waals surface area contributed by atoms with Crippen molar-refractivity contribution in [3.63, 3.8) is 0 Å². The average Bonchev–Trinajstić information content (AvgIpc) is 2.64. The van der Waals surface area contributed by atoms with Gasteiger partial charge in [-0.15, -0.1) is 0 Å². The van der Waals surface area contributed by atoms with Gasteiger partial charge in [-0.05, 0) is 24.3 Å². The Morgan fingerprint density at radius 2 is 1.82 bits per heavy atom. The van der Waals surface area contributed by atoms with Crippen molar-refractivity contribution in [1.82, 2.24) is 4.57 Å². The zero-order valence-corrected chi connectivity index (χ0v) is 10.6. The molecule has 1 heterocycles. The molecule has 0 radical (unpaired) electrons. The fraction of sp³-hybridized carbons (Fsp3) is 0. The predicted molar refractivity (Wildman–Crippen MR) is 67.8 cm³/mol. The molecule has 0 bridgehead atoms. The molecule has 0 amide bonds. The first kappa shape index (κ1) is 12.3. The molecule has 1 aromatic heterocycles. The summed E-state index contributed by atoms with van der Waals surface area (Å²) >= 11 is 17.6. The fourth-order valence-corrected chi connectivity index (χ4v) is 2.04. The minimum Gasteiger partial charge on any atom is -0.477 e. The van der Waals surface area contributed by atoms with Gasteiger partial charge in [-0.25, -0.2) is 4.79 Å². The van der Waals surface area contributed by atoms with Crippen LogP contribution in [0.3, 0.4) is 0 Å². The second kappa shape index (κ2) is 4.61. The van der Waals surface area contributed by atoms with Gasteiger partial charge in [0.15, 0.2) is 0 Å². The van der Waals surface area contributed by atoms with Crippen molar-refractivity contribution in [2.24, 2.45) is 0 Å². The highest BCUT2D eigenvalue weighted by Crippen LogP contribution is 2.27. The Balaban J connectivity index is 2.67. The highest BCUT2D eigenvalue weighted by molar-refractivity contribution is 6.34. The first-order valence-electron chi connectivity index (χ1n) is 4.55. The number of hydrogen-bond acceptors (Lipinski definition) is 1. The lowest BCUT2D eigenvalue weighted by Gasteiger charge is -2.08. The summed E-state index contributed by atoms with van der Waals surface area (Å²) in [5.41, 5.74) is 0.502. The molecule has 0 saturated carbocycles. The van der Waals surface area contributed by atoms with Crippen molar-refractivity contribution in [2.45, 2.75) is 0 Å². The third kappa shape index (κ3) is 2.41. The molecule has 2 rings (SSSR count). The van der Waals surface area contributed by atoms with Crippen LogP contribution in [0.15, 0.2) is 30.5 Å². The van der Waals surface area contributed by atoms with Gasteiger partial charge in [-0.2, -0.15) is 0 Å². The molecule has 0 aliphatic carbocycles. The van der Waals surface area contributed by atoms with Crippen LogP contribution >= 0.6 is 34.8 Å². The minimum absolute atomic E-state index is 0.0270. The van der Waals surface area contributed by atoms with E-state index in [0.717, 1.165) is 0 Å². The third-order valence-electron chi connectivity index (χ3n) is 2.17. The number of hydrogen-bond donors (Lipinski definition) is 1. The maximum Gasteiger partial charge on any atom is 0.352 e. The van der Waals surface area contributed by atoms with E-state index in [1.165, 1.54) is 16.8 Å². The van der Waals surface area contributed by atoms with Gasteiger partial charge in [0.25, 0.3) is 0 Å². The predicted octanol–water partition coefficient (Wildman–Crippen LogP) is 4.14. The van der Waals surface area contributed by atoms with Crippen LogP contribution in [-0.2, 0) is 0 Å². The van der Waals surface area contributed by atoms with Crippen LogP contribution in [0.2, 0.25) is 15.1 Å². The number of carboxylic acids is 1. The van der Waals surface area contributed by atoms with Crippen molar-refractivity contribution < 1.29 is 9.90 Å². The molecule has 0 atom stereocenters. The number of rotatable bonds is 2. The highest BCUT2D eigenvalue weighted by atomic mass is 35.5. The Kier molecular flexibility index (Phi) is 3.33. The smallest absolute Gasteiger partial charge is 0.352 e. The quantitative estimate of drug-likeness (QED) is 0.903. The summed E-state index contributed by atoms with van der Waals surface area (Å²) in [6.45, 7) is 0. The molecule has 88 valence electrons. The van der Waals surface area contributed by atoms with Gasteiger partial charge in [0.05, 0.1) is 15.7 Å². The summed E-state index contributed by atoms with van der Waals surface area (Å²) in [6.07, 6.45) is 1.47. The normalized spacial score (nSPS) is 10.5. The zero-order chi connectivity index (χ0) is 12.6. The summed E-state index contributed by atoms with van der Waals surface area (Å²) in [4.78, 5) is 11.0. The van der Waals surface area contributed by atoms with E-state index >= 15 is 0 Å². The first-order chi connectivity index (χ1) is 7.99. The Morgan fingerprint density at radius 1 is 1.12 bits per heavy atom. The summed E-state index contributed by atoms with van der Waals surface area (Å²) < 4.78 is 1.39. The third-order valence-corrected chi connectivity index (χ3v) is 2.93. The zero-order valence-electron chi connectivity index (χ0n) is 8.32. The van der Waals surface area contributed by atoms with Gasteiger partial charge in [0.1, 0.15) is 5.69 Å². The Labute approximate surface area is 112 Å². The lowest BCUT2D eigenvalue weighted by atomic mass is 10.3. The lowest BCUT2D eigenvalue weighted by molar-refractivity contribution is 0.0688. The second-order valence-electron chi connectivity index (χ2n) is 3.31. The van der Waals surface area contributed by atoms with Gasteiger partial charge in [-0.1, -0.05) is 34.8 Å². The van der Waals surface area contributed by atoms with E-state index < -0.39 is 5.97 Å². The number of nitrogens with zero attached hydrogens (tertiary/aromatic N) is 1. The maximum atomic E-state index is 11.0. The second-order valence-corrected chi connectivity index (χ2v) is 4.59. The Hall–Kier alpha value is -1.16. The summed E-state index contributed by atoms with van der Waals surface area (Å²) in [7, 11) is 0. The summed E-state index contributed by atoms with van der Waals surface area (Å²) in [6, 6.07) is 6.14. The van der Waals surface area contributed by atoms with E-state index in [4.69, 9.17) is 39.9 Å². The van der Waals surface area contributed by atoms with Crippen LogP contribution in [0.25, 0.3) is 5.69 Å².